The summed E-state index contributed by atoms with van der Waals surface area (Å²) in [6.07, 6.45) is 5.25. The minimum Gasteiger partial charge on any atom is -0.464 e. The Kier molecular flexibility index (Phi) is 3.19. The van der Waals surface area contributed by atoms with Crippen LogP contribution >= 0.6 is 0 Å². The van der Waals surface area contributed by atoms with Gasteiger partial charge in [-0.2, -0.15) is 0 Å². The molecule has 2 saturated heterocycles. The third kappa shape index (κ3) is 2.23. The van der Waals surface area contributed by atoms with Crippen molar-refractivity contribution in [2.24, 2.45) is 0 Å². The summed E-state index contributed by atoms with van der Waals surface area (Å²) in [5.74, 6) is 0.565. The molecule has 2 fully saturated rings. The highest BCUT2D eigenvalue weighted by Crippen LogP contribution is 2.34. The van der Waals surface area contributed by atoms with E-state index in [9.17, 15) is 4.79 Å². The molecule has 3 heterocycles. The summed E-state index contributed by atoms with van der Waals surface area (Å²) in [4.78, 5) is 17.4. The number of carbonyl (C=O) groups excluding carboxylic acids is 1. The average Bonchev–Trinajstić information content (AvgIpc) is 3.14. The van der Waals surface area contributed by atoms with E-state index in [0.29, 0.717) is 12.5 Å². The highest BCUT2D eigenvalue weighted by molar-refractivity contribution is 5.83. The van der Waals surface area contributed by atoms with Crippen LogP contribution in [0, 0.1) is 0 Å². The fraction of sp³-hybridized carbons (Fsp3) is 0.471. The number of hydrogen-bond acceptors (Lipinski definition) is 3. The summed E-state index contributed by atoms with van der Waals surface area (Å²) >= 11 is 0. The van der Waals surface area contributed by atoms with E-state index in [0.717, 1.165) is 32.4 Å². The predicted molar refractivity (Wildman–Crippen MR) is 81.2 cm³/mol. The zero-order valence-corrected chi connectivity index (χ0v) is 12.0. The first kappa shape index (κ1) is 12.9. The van der Waals surface area contributed by atoms with Gasteiger partial charge in [-0.25, -0.2) is 0 Å². The lowest BCUT2D eigenvalue weighted by Gasteiger charge is -2.34. The summed E-state index contributed by atoms with van der Waals surface area (Å²) in [6.45, 7) is 2.57. The number of benzene rings is 1. The molecule has 0 unspecified atom stereocenters. The van der Waals surface area contributed by atoms with Gasteiger partial charge in [0.15, 0.2) is 0 Å². The quantitative estimate of drug-likeness (QED) is 0.862. The number of piperidine rings is 1. The van der Waals surface area contributed by atoms with Gasteiger partial charge in [0, 0.05) is 23.5 Å². The van der Waals surface area contributed by atoms with E-state index in [-0.39, 0.29) is 12.0 Å². The number of rotatable bonds is 2. The molecule has 0 amide bonds. The SMILES string of the molecule is O=C1OCC[C@@H]1N1CCC(c2c[nH]c3ccccc23)CC1. The first-order chi connectivity index (χ1) is 10.3. The van der Waals surface area contributed by atoms with E-state index in [4.69, 9.17) is 4.74 Å². The molecule has 1 atom stereocenters. The first-order valence-electron chi connectivity index (χ1n) is 7.79. The van der Waals surface area contributed by atoms with E-state index >= 15 is 0 Å². The molecule has 4 nitrogen and oxygen atoms in total. The van der Waals surface area contributed by atoms with Gasteiger partial charge in [0.1, 0.15) is 6.04 Å². The van der Waals surface area contributed by atoms with Crippen LogP contribution in [-0.2, 0) is 9.53 Å². The zero-order chi connectivity index (χ0) is 14.2. The Hall–Kier alpha value is -1.81. The molecule has 0 saturated carbocycles. The second-order valence-electron chi connectivity index (χ2n) is 6.07. The summed E-state index contributed by atoms with van der Waals surface area (Å²) in [5.41, 5.74) is 2.65. The highest BCUT2D eigenvalue weighted by atomic mass is 16.5. The molecule has 4 rings (SSSR count). The van der Waals surface area contributed by atoms with Crippen molar-refractivity contribution in [1.29, 1.82) is 0 Å². The number of hydrogen-bond donors (Lipinski definition) is 1. The molecule has 1 aromatic carbocycles. The minimum atomic E-state index is -0.0273. The van der Waals surface area contributed by atoms with Crippen LogP contribution in [0.3, 0.4) is 0 Å². The Bertz CT molecular complexity index is 656. The molecule has 0 bridgehead atoms. The van der Waals surface area contributed by atoms with Gasteiger partial charge >= 0.3 is 5.97 Å². The van der Waals surface area contributed by atoms with Crippen LogP contribution in [-0.4, -0.2) is 41.6 Å². The van der Waals surface area contributed by atoms with Crippen molar-refractivity contribution >= 4 is 16.9 Å². The van der Waals surface area contributed by atoms with Gasteiger partial charge in [-0.05, 0) is 43.5 Å². The van der Waals surface area contributed by atoms with E-state index in [2.05, 4.69) is 40.3 Å². The van der Waals surface area contributed by atoms with Crippen molar-refractivity contribution in [3.05, 3.63) is 36.0 Å². The molecule has 0 aliphatic carbocycles. The molecule has 2 aromatic rings. The Balaban J connectivity index is 1.49. The van der Waals surface area contributed by atoms with Crippen LogP contribution in [0.5, 0.6) is 0 Å². The number of nitrogens with one attached hydrogen (secondary N) is 1. The monoisotopic (exact) mass is 284 g/mol. The van der Waals surface area contributed by atoms with E-state index in [1.165, 1.54) is 16.5 Å². The molecular formula is C17H20N2O2. The van der Waals surface area contributed by atoms with Crippen LogP contribution in [0.2, 0.25) is 0 Å². The maximum absolute atomic E-state index is 11.7. The maximum atomic E-state index is 11.7. The molecule has 0 spiro atoms. The molecule has 2 aliphatic rings. The van der Waals surface area contributed by atoms with Crippen molar-refractivity contribution in [3.8, 4) is 0 Å². The zero-order valence-electron chi connectivity index (χ0n) is 12.0. The number of likely N-dealkylation sites (tertiary alicyclic amines) is 1. The third-order valence-corrected chi connectivity index (χ3v) is 4.94. The lowest BCUT2D eigenvalue weighted by Crippen LogP contribution is -2.43. The fourth-order valence-electron chi connectivity index (χ4n) is 3.77. The number of ether oxygens (including phenoxy) is 1. The highest BCUT2D eigenvalue weighted by Gasteiger charge is 2.34. The minimum absolute atomic E-state index is 0.00826. The van der Waals surface area contributed by atoms with Crippen LogP contribution in [0.1, 0.15) is 30.7 Å². The Morgan fingerprint density at radius 2 is 1.95 bits per heavy atom. The van der Waals surface area contributed by atoms with Crippen LogP contribution < -0.4 is 0 Å². The standard InChI is InChI=1S/C17H20N2O2/c20-17-16(7-10-21-17)19-8-5-12(6-9-19)14-11-18-15-4-2-1-3-13(14)15/h1-4,11-12,16,18H,5-10H2/t16-/m0/s1. The van der Waals surface area contributed by atoms with Gasteiger partial charge in [0.2, 0.25) is 0 Å². The topological polar surface area (TPSA) is 45.3 Å². The molecule has 2 aliphatic heterocycles. The van der Waals surface area contributed by atoms with Crippen LogP contribution in [0.4, 0.5) is 0 Å². The van der Waals surface area contributed by atoms with Crippen molar-refractivity contribution < 1.29 is 9.53 Å². The number of H-pyrrole nitrogens is 1. The summed E-state index contributed by atoms with van der Waals surface area (Å²) < 4.78 is 5.09. The summed E-state index contributed by atoms with van der Waals surface area (Å²) in [7, 11) is 0. The summed E-state index contributed by atoms with van der Waals surface area (Å²) in [5, 5.41) is 1.34. The van der Waals surface area contributed by atoms with Crippen molar-refractivity contribution in [2.45, 2.75) is 31.2 Å². The van der Waals surface area contributed by atoms with E-state index < -0.39 is 0 Å². The lowest BCUT2D eigenvalue weighted by molar-refractivity contribution is -0.142. The van der Waals surface area contributed by atoms with Crippen molar-refractivity contribution in [1.82, 2.24) is 9.88 Å². The molecule has 4 heteroatoms. The maximum Gasteiger partial charge on any atom is 0.323 e. The van der Waals surface area contributed by atoms with Gasteiger partial charge in [0.25, 0.3) is 0 Å². The van der Waals surface area contributed by atoms with Gasteiger partial charge in [-0.3, -0.25) is 9.69 Å². The molecule has 21 heavy (non-hydrogen) atoms. The van der Waals surface area contributed by atoms with Crippen molar-refractivity contribution in [3.63, 3.8) is 0 Å². The van der Waals surface area contributed by atoms with E-state index in [1.807, 2.05) is 0 Å². The number of aromatic nitrogens is 1. The Morgan fingerprint density at radius 1 is 1.14 bits per heavy atom. The van der Waals surface area contributed by atoms with Crippen LogP contribution in [0.15, 0.2) is 30.5 Å². The lowest BCUT2D eigenvalue weighted by atomic mass is 9.88. The number of nitrogens with zero attached hydrogens (tertiary/aromatic N) is 1. The van der Waals surface area contributed by atoms with Gasteiger partial charge in [-0.15, -0.1) is 0 Å². The number of carbonyl (C=O) groups is 1. The van der Waals surface area contributed by atoms with Crippen LogP contribution in [0.25, 0.3) is 10.9 Å². The van der Waals surface area contributed by atoms with Crippen molar-refractivity contribution in [2.75, 3.05) is 19.7 Å². The van der Waals surface area contributed by atoms with Gasteiger partial charge < -0.3 is 9.72 Å². The number of para-hydroxylation sites is 1. The molecular weight excluding hydrogens is 264 g/mol. The number of fused-ring (bicyclic) bond motifs is 1. The molecule has 0 radical (unpaired) electrons. The predicted octanol–water partition coefficient (Wildman–Crippen LogP) is 2.66. The number of aromatic amines is 1. The first-order valence-corrected chi connectivity index (χ1v) is 7.79. The fourth-order valence-corrected chi connectivity index (χ4v) is 3.77. The average molecular weight is 284 g/mol. The second-order valence-corrected chi connectivity index (χ2v) is 6.07. The molecule has 1 aromatic heterocycles. The second kappa shape index (κ2) is 5.19. The number of cyclic esters (lactones) is 1. The van der Waals surface area contributed by atoms with E-state index in [1.54, 1.807) is 0 Å². The molecule has 1 N–H and O–H groups in total. The number of esters is 1. The normalized spacial score (nSPS) is 24.6. The Labute approximate surface area is 124 Å². The summed E-state index contributed by atoms with van der Waals surface area (Å²) in [6, 6.07) is 8.50. The van der Waals surface area contributed by atoms with Gasteiger partial charge in [0.05, 0.1) is 6.61 Å². The largest absolute Gasteiger partial charge is 0.464 e. The van der Waals surface area contributed by atoms with Gasteiger partial charge in [-0.1, -0.05) is 18.2 Å². The Morgan fingerprint density at radius 3 is 2.71 bits per heavy atom. The molecule has 110 valence electrons. The smallest absolute Gasteiger partial charge is 0.323 e. The third-order valence-electron chi connectivity index (χ3n) is 4.94.